The van der Waals surface area contributed by atoms with E-state index in [0.29, 0.717) is 43.3 Å². The second kappa shape index (κ2) is 6.53. The van der Waals surface area contributed by atoms with E-state index in [-0.39, 0.29) is 11.9 Å². The third-order valence-electron chi connectivity index (χ3n) is 3.67. The zero-order valence-electron chi connectivity index (χ0n) is 12.2. The molecule has 1 fully saturated rings. The van der Waals surface area contributed by atoms with Crippen molar-refractivity contribution in [3.8, 4) is 0 Å². The third kappa shape index (κ3) is 3.50. The summed E-state index contributed by atoms with van der Waals surface area (Å²) in [5.41, 5.74) is 0.639. The van der Waals surface area contributed by atoms with Crippen LogP contribution >= 0.6 is 11.3 Å². The summed E-state index contributed by atoms with van der Waals surface area (Å²) >= 11 is 1.47. The van der Waals surface area contributed by atoms with E-state index in [4.69, 9.17) is 4.52 Å². The van der Waals surface area contributed by atoms with Crippen molar-refractivity contribution in [1.29, 1.82) is 0 Å². The molecule has 0 aliphatic carbocycles. The van der Waals surface area contributed by atoms with Crippen LogP contribution in [0.1, 0.15) is 28.5 Å². The lowest BCUT2D eigenvalue weighted by molar-refractivity contribution is 0.0940. The molecule has 8 heteroatoms. The summed E-state index contributed by atoms with van der Waals surface area (Å²) in [6.07, 6.45) is -0.489. The van der Waals surface area contributed by atoms with Crippen LogP contribution in [-0.4, -0.2) is 46.3 Å². The molecule has 6 nitrogen and oxygen atoms in total. The van der Waals surface area contributed by atoms with Crippen LogP contribution in [-0.2, 0) is 6.54 Å². The van der Waals surface area contributed by atoms with Gasteiger partial charge in [0.25, 0.3) is 5.91 Å². The smallest absolute Gasteiger partial charge is 0.252 e. The molecule has 3 rings (SSSR count). The summed E-state index contributed by atoms with van der Waals surface area (Å²) < 4.78 is 18.6. The minimum absolute atomic E-state index is 0.0589. The predicted molar refractivity (Wildman–Crippen MR) is 79.4 cm³/mol. The predicted octanol–water partition coefficient (Wildman–Crippen LogP) is 1.78. The number of alkyl halides is 1. The highest BCUT2D eigenvalue weighted by molar-refractivity contribution is 7.08. The summed E-state index contributed by atoms with van der Waals surface area (Å²) in [7, 11) is 0. The van der Waals surface area contributed by atoms with Gasteiger partial charge in [-0.05, 0) is 17.9 Å². The Morgan fingerprint density at radius 3 is 3.18 bits per heavy atom. The van der Waals surface area contributed by atoms with E-state index in [1.165, 1.54) is 11.3 Å². The molecular formula is C14H17FN4O2S. The van der Waals surface area contributed by atoms with Gasteiger partial charge in [-0.1, -0.05) is 5.16 Å². The summed E-state index contributed by atoms with van der Waals surface area (Å²) in [6.45, 7) is 2.88. The zero-order valence-corrected chi connectivity index (χ0v) is 13.0. The Morgan fingerprint density at radius 2 is 2.50 bits per heavy atom. The molecule has 3 heterocycles. The Labute approximate surface area is 131 Å². The largest absolute Gasteiger partial charge is 0.350 e. The lowest BCUT2D eigenvalue weighted by Crippen LogP contribution is -2.39. The van der Waals surface area contributed by atoms with Crippen LogP contribution in [0.4, 0.5) is 4.39 Å². The molecule has 0 spiro atoms. The van der Waals surface area contributed by atoms with Crippen molar-refractivity contribution in [2.75, 3.05) is 13.1 Å². The molecule has 2 atom stereocenters. The average molecular weight is 324 g/mol. The monoisotopic (exact) mass is 324 g/mol. The van der Waals surface area contributed by atoms with Gasteiger partial charge in [0.1, 0.15) is 6.17 Å². The Kier molecular flexibility index (Phi) is 4.49. The standard InChI is InChI=1S/C14H17FN4O2S/c1-9-17-13(18-21-9)7-19-6-11(15)4-12(19)5-16-14(20)10-2-3-22-8-10/h2-3,8,11-12H,4-7H2,1H3,(H,16,20)/t11-,12-/m0/s1. The van der Waals surface area contributed by atoms with Gasteiger partial charge in [-0.3, -0.25) is 9.69 Å². The Bertz CT molecular complexity index is 631. The minimum atomic E-state index is -0.893. The Morgan fingerprint density at radius 1 is 1.64 bits per heavy atom. The molecule has 1 aliphatic rings. The maximum Gasteiger partial charge on any atom is 0.252 e. The van der Waals surface area contributed by atoms with Crippen LogP contribution in [0, 0.1) is 6.92 Å². The summed E-state index contributed by atoms with van der Waals surface area (Å²) in [6, 6.07) is 1.71. The van der Waals surface area contributed by atoms with Gasteiger partial charge in [0.05, 0.1) is 6.54 Å². The summed E-state index contributed by atoms with van der Waals surface area (Å²) in [5.74, 6) is 0.910. The first-order valence-electron chi connectivity index (χ1n) is 7.09. The van der Waals surface area contributed by atoms with Crippen molar-refractivity contribution in [3.05, 3.63) is 34.1 Å². The van der Waals surface area contributed by atoms with E-state index in [1.54, 1.807) is 18.4 Å². The van der Waals surface area contributed by atoms with Crippen molar-refractivity contribution in [3.63, 3.8) is 0 Å². The van der Waals surface area contributed by atoms with Crippen LogP contribution in [0.3, 0.4) is 0 Å². The van der Waals surface area contributed by atoms with Gasteiger partial charge in [-0.2, -0.15) is 16.3 Å². The molecule has 1 aliphatic heterocycles. The first kappa shape index (κ1) is 15.1. The molecule has 0 bridgehead atoms. The molecule has 0 saturated carbocycles. The number of carbonyl (C=O) groups excluding carboxylic acids is 1. The van der Waals surface area contributed by atoms with Crippen molar-refractivity contribution in [2.24, 2.45) is 0 Å². The topological polar surface area (TPSA) is 71.3 Å². The first-order chi connectivity index (χ1) is 10.6. The molecule has 2 aromatic heterocycles. The first-order valence-corrected chi connectivity index (χ1v) is 8.04. The van der Waals surface area contributed by atoms with E-state index in [2.05, 4.69) is 15.5 Å². The molecule has 1 N–H and O–H groups in total. The van der Waals surface area contributed by atoms with Crippen LogP contribution in [0.25, 0.3) is 0 Å². The van der Waals surface area contributed by atoms with E-state index >= 15 is 0 Å². The highest BCUT2D eigenvalue weighted by Gasteiger charge is 2.33. The van der Waals surface area contributed by atoms with Crippen LogP contribution in [0.2, 0.25) is 0 Å². The Hall–Kier alpha value is -1.80. The van der Waals surface area contributed by atoms with E-state index < -0.39 is 6.17 Å². The van der Waals surface area contributed by atoms with Crippen molar-refractivity contribution in [2.45, 2.75) is 32.1 Å². The normalized spacial score (nSPS) is 22.1. The number of hydrogen-bond donors (Lipinski definition) is 1. The number of carbonyl (C=O) groups is 1. The second-order valence-electron chi connectivity index (χ2n) is 5.37. The van der Waals surface area contributed by atoms with Gasteiger partial charge >= 0.3 is 0 Å². The number of aromatic nitrogens is 2. The van der Waals surface area contributed by atoms with Crippen molar-refractivity contribution in [1.82, 2.24) is 20.4 Å². The van der Waals surface area contributed by atoms with Gasteiger partial charge in [0, 0.05) is 37.0 Å². The van der Waals surface area contributed by atoms with Gasteiger partial charge in [0.15, 0.2) is 5.82 Å². The number of amides is 1. The Balaban J connectivity index is 1.57. The summed E-state index contributed by atoms with van der Waals surface area (Å²) in [5, 5.41) is 10.3. The number of nitrogens with zero attached hydrogens (tertiary/aromatic N) is 3. The van der Waals surface area contributed by atoms with E-state index in [9.17, 15) is 9.18 Å². The molecule has 0 radical (unpaired) electrons. The van der Waals surface area contributed by atoms with Crippen LogP contribution < -0.4 is 5.32 Å². The van der Waals surface area contributed by atoms with E-state index in [1.807, 2.05) is 10.3 Å². The van der Waals surface area contributed by atoms with Gasteiger partial charge in [-0.25, -0.2) is 4.39 Å². The van der Waals surface area contributed by atoms with Crippen LogP contribution in [0.15, 0.2) is 21.3 Å². The zero-order chi connectivity index (χ0) is 15.5. The molecule has 1 saturated heterocycles. The number of thiophene rings is 1. The number of rotatable bonds is 5. The second-order valence-corrected chi connectivity index (χ2v) is 6.15. The van der Waals surface area contributed by atoms with Gasteiger partial charge in [0.2, 0.25) is 5.89 Å². The van der Waals surface area contributed by atoms with E-state index in [0.717, 1.165) is 0 Å². The molecule has 1 amide bonds. The molecule has 0 aromatic carbocycles. The number of hydrogen-bond acceptors (Lipinski definition) is 6. The van der Waals surface area contributed by atoms with Crippen LogP contribution in [0.5, 0.6) is 0 Å². The fourth-order valence-electron chi connectivity index (χ4n) is 2.62. The molecule has 0 unspecified atom stereocenters. The SMILES string of the molecule is Cc1nc(CN2C[C@@H](F)C[C@H]2CNC(=O)c2ccsc2)no1. The highest BCUT2D eigenvalue weighted by atomic mass is 32.1. The lowest BCUT2D eigenvalue weighted by atomic mass is 10.2. The van der Waals surface area contributed by atoms with Gasteiger partial charge in [-0.15, -0.1) is 0 Å². The molecule has 2 aromatic rings. The number of halogens is 1. The fourth-order valence-corrected chi connectivity index (χ4v) is 3.26. The number of likely N-dealkylation sites (tertiary alicyclic amines) is 1. The quantitative estimate of drug-likeness (QED) is 0.908. The third-order valence-corrected chi connectivity index (χ3v) is 4.36. The average Bonchev–Trinajstić information content (AvgIpc) is 3.19. The maximum atomic E-state index is 13.7. The lowest BCUT2D eigenvalue weighted by Gasteiger charge is -2.22. The fraction of sp³-hybridized carbons (Fsp3) is 0.500. The number of nitrogens with one attached hydrogen (secondary N) is 1. The van der Waals surface area contributed by atoms with Crippen molar-refractivity contribution >= 4 is 17.2 Å². The molecule has 118 valence electrons. The molecular weight excluding hydrogens is 307 g/mol. The molecule has 22 heavy (non-hydrogen) atoms. The van der Waals surface area contributed by atoms with Crippen molar-refractivity contribution < 1.29 is 13.7 Å². The summed E-state index contributed by atoms with van der Waals surface area (Å²) in [4.78, 5) is 18.0. The maximum absolute atomic E-state index is 13.7. The van der Waals surface area contributed by atoms with Gasteiger partial charge < -0.3 is 9.84 Å². The highest BCUT2D eigenvalue weighted by Crippen LogP contribution is 2.21. The number of aryl methyl sites for hydroxylation is 1. The minimum Gasteiger partial charge on any atom is -0.350 e.